The lowest BCUT2D eigenvalue weighted by atomic mass is 10.0. The van der Waals surface area contributed by atoms with Crippen LogP contribution in [0.1, 0.15) is 37.3 Å². The average molecular weight is 263 g/mol. The maximum atomic E-state index is 3.75. The number of rotatable bonds is 4. The van der Waals surface area contributed by atoms with Crippen molar-refractivity contribution in [3.05, 3.63) is 53.6 Å². The van der Waals surface area contributed by atoms with Gasteiger partial charge in [0.15, 0.2) is 0 Å². The van der Waals surface area contributed by atoms with E-state index in [9.17, 15) is 0 Å². The maximum Gasteiger partial charge on any atom is 0.0345 e. The Morgan fingerprint density at radius 3 is 2.65 bits per heavy atom. The summed E-state index contributed by atoms with van der Waals surface area (Å²) >= 11 is 0. The molecule has 2 aliphatic rings. The zero-order valence-electron chi connectivity index (χ0n) is 12.0. The summed E-state index contributed by atoms with van der Waals surface area (Å²) in [4.78, 5) is 0. The molecule has 0 aliphatic heterocycles. The lowest BCUT2D eigenvalue weighted by Gasteiger charge is -2.18. The van der Waals surface area contributed by atoms with E-state index in [1.54, 1.807) is 0 Å². The number of hydrogen-bond acceptors (Lipinski definition) is 1. The summed E-state index contributed by atoms with van der Waals surface area (Å²) < 4.78 is 0. The van der Waals surface area contributed by atoms with E-state index in [0.29, 0.717) is 6.04 Å². The van der Waals surface area contributed by atoms with Gasteiger partial charge in [0.25, 0.3) is 0 Å². The zero-order chi connectivity index (χ0) is 13.5. The molecular formula is C19H21N. The second-order valence-electron chi connectivity index (χ2n) is 6.20. The Labute approximate surface area is 121 Å². The number of fused-ring (bicyclic) bond motifs is 3. The highest BCUT2D eigenvalue weighted by Crippen LogP contribution is 2.39. The van der Waals surface area contributed by atoms with Crippen LogP contribution in [-0.2, 0) is 6.42 Å². The van der Waals surface area contributed by atoms with Crippen LogP contribution in [0.4, 0.5) is 5.69 Å². The smallest absolute Gasteiger partial charge is 0.0345 e. The SMILES string of the molecule is CCC(Nc1ccc2c(c1)Cc1ccccc1-2)C1CC1. The minimum absolute atomic E-state index is 0.664. The molecule has 0 heterocycles. The molecule has 0 radical (unpaired) electrons. The Hall–Kier alpha value is -1.76. The van der Waals surface area contributed by atoms with Crippen LogP contribution < -0.4 is 5.32 Å². The van der Waals surface area contributed by atoms with Gasteiger partial charge in [0, 0.05) is 11.7 Å². The predicted octanol–water partition coefficient (Wildman–Crippen LogP) is 4.86. The van der Waals surface area contributed by atoms with Gasteiger partial charge < -0.3 is 5.32 Å². The van der Waals surface area contributed by atoms with Crippen molar-refractivity contribution in [1.29, 1.82) is 0 Å². The molecule has 0 bridgehead atoms. The molecule has 102 valence electrons. The molecule has 20 heavy (non-hydrogen) atoms. The zero-order valence-corrected chi connectivity index (χ0v) is 12.0. The van der Waals surface area contributed by atoms with Crippen molar-refractivity contribution < 1.29 is 0 Å². The van der Waals surface area contributed by atoms with E-state index in [1.165, 1.54) is 47.2 Å². The molecule has 2 aromatic rings. The molecule has 1 atom stereocenters. The summed E-state index contributed by atoms with van der Waals surface area (Å²) in [5.74, 6) is 0.908. The highest BCUT2D eigenvalue weighted by molar-refractivity contribution is 5.78. The van der Waals surface area contributed by atoms with Crippen LogP contribution in [0, 0.1) is 5.92 Å². The average Bonchev–Trinajstić information content (AvgIpc) is 3.25. The molecule has 0 amide bonds. The van der Waals surface area contributed by atoms with Gasteiger partial charge in [-0.1, -0.05) is 37.3 Å². The van der Waals surface area contributed by atoms with Gasteiger partial charge in [0.05, 0.1) is 0 Å². The fourth-order valence-corrected chi connectivity index (χ4v) is 3.50. The van der Waals surface area contributed by atoms with Crippen LogP contribution in [0.25, 0.3) is 11.1 Å². The third-order valence-electron chi connectivity index (χ3n) is 4.78. The van der Waals surface area contributed by atoms with Gasteiger partial charge in [-0.25, -0.2) is 0 Å². The highest BCUT2D eigenvalue weighted by atomic mass is 14.9. The van der Waals surface area contributed by atoms with Crippen LogP contribution in [-0.4, -0.2) is 6.04 Å². The maximum absolute atomic E-state index is 3.75. The van der Waals surface area contributed by atoms with Crippen molar-refractivity contribution in [3.8, 4) is 11.1 Å². The van der Waals surface area contributed by atoms with Crippen molar-refractivity contribution in [2.24, 2.45) is 5.92 Å². The molecule has 1 unspecified atom stereocenters. The van der Waals surface area contributed by atoms with Gasteiger partial charge in [0.1, 0.15) is 0 Å². The quantitative estimate of drug-likeness (QED) is 0.709. The molecule has 1 fully saturated rings. The first-order valence-corrected chi connectivity index (χ1v) is 7.83. The van der Waals surface area contributed by atoms with E-state index in [-0.39, 0.29) is 0 Å². The van der Waals surface area contributed by atoms with E-state index in [2.05, 4.69) is 54.7 Å². The van der Waals surface area contributed by atoms with E-state index in [4.69, 9.17) is 0 Å². The second kappa shape index (κ2) is 4.66. The van der Waals surface area contributed by atoms with Gasteiger partial charge in [0.2, 0.25) is 0 Å². The molecule has 0 spiro atoms. The Morgan fingerprint density at radius 1 is 1.05 bits per heavy atom. The number of anilines is 1. The van der Waals surface area contributed by atoms with Crippen molar-refractivity contribution >= 4 is 5.69 Å². The number of benzene rings is 2. The number of hydrogen-bond donors (Lipinski definition) is 1. The topological polar surface area (TPSA) is 12.0 Å². The monoisotopic (exact) mass is 263 g/mol. The first-order valence-electron chi connectivity index (χ1n) is 7.83. The summed E-state index contributed by atoms with van der Waals surface area (Å²) in [7, 11) is 0. The third-order valence-corrected chi connectivity index (χ3v) is 4.78. The Balaban J connectivity index is 1.61. The lowest BCUT2D eigenvalue weighted by Crippen LogP contribution is -2.20. The largest absolute Gasteiger partial charge is 0.382 e. The summed E-state index contributed by atoms with van der Waals surface area (Å²) in [5.41, 5.74) is 7.08. The van der Waals surface area contributed by atoms with Gasteiger partial charge in [-0.15, -0.1) is 0 Å². The molecule has 4 rings (SSSR count). The molecular weight excluding hydrogens is 242 g/mol. The van der Waals surface area contributed by atoms with E-state index in [0.717, 1.165) is 12.3 Å². The minimum atomic E-state index is 0.664. The molecule has 0 saturated heterocycles. The number of nitrogens with one attached hydrogen (secondary N) is 1. The minimum Gasteiger partial charge on any atom is -0.382 e. The van der Waals surface area contributed by atoms with Crippen molar-refractivity contribution in [2.45, 2.75) is 38.6 Å². The lowest BCUT2D eigenvalue weighted by molar-refractivity contribution is 0.616. The van der Waals surface area contributed by atoms with Gasteiger partial charge in [-0.3, -0.25) is 0 Å². The molecule has 2 aliphatic carbocycles. The van der Waals surface area contributed by atoms with E-state index < -0.39 is 0 Å². The molecule has 1 saturated carbocycles. The van der Waals surface area contributed by atoms with Crippen LogP contribution in [0.3, 0.4) is 0 Å². The first kappa shape index (κ1) is 12.0. The van der Waals surface area contributed by atoms with Crippen LogP contribution in [0.15, 0.2) is 42.5 Å². The molecule has 1 N–H and O–H groups in total. The van der Waals surface area contributed by atoms with E-state index >= 15 is 0 Å². The highest BCUT2D eigenvalue weighted by Gasteiger charge is 2.30. The predicted molar refractivity (Wildman–Crippen MR) is 85.1 cm³/mol. The summed E-state index contributed by atoms with van der Waals surface area (Å²) in [5, 5.41) is 3.75. The van der Waals surface area contributed by atoms with E-state index in [1.807, 2.05) is 0 Å². The summed E-state index contributed by atoms with van der Waals surface area (Å²) in [6, 6.07) is 16.4. The Bertz CT molecular complexity index is 640. The third kappa shape index (κ3) is 2.02. The fraction of sp³-hybridized carbons (Fsp3) is 0.368. The summed E-state index contributed by atoms with van der Waals surface area (Å²) in [6.07, 6.45) is 5.12. The second-order valence-corrected chi connectivity index (χ2v) is 6.20. The summed E-state index contributed by atoms with van der Waals surface area (Å²) in [6.45, 7) is 2.29. The standard InChI is InChI=1S/C19H21N/c1-2-19(13-7-8-13)20-16-9-10-18-15(12-16)11-14-5-3-4-6-17(14)18/h3-6,9-10,12-13,19-20H,2,7-8,11H2,1H3. The van der Waals surface area contributed by atoms with Crippen LogP contribution >= 0.6 is 0 Å². The van der Waals surface area contributed by atoms with Crippen molar-refractivity contribution in [2.75, 3.05) is 5.32 Å². The van der Waals surface area contributed by atoms with Gasteiger partial charge in [-0.2, -0.15) is 0 Å². The van der Waals surface area contributed by atoms with Gasteiger partial charge >= 0.3 is 0 Å². The van der Waals surface area contributed by atoms with Gasteiger partial charge in [-0.05, 0) is 66.0 Å². The Kier molecular flexibility index (Phi) is 2.80. The van der Waals surface area contributed by atoms with Crippen molar-refractivity contribution in [1.82, 2.24) is 0 Å². The van der Waals surface area contributed by atoms with Crippen LogP contribution in [0.2, 0.25) is 0 Å². The van der Waals surface area contributed by atoms with Crippen molar-refractivity contribution in [3.63, 3.8) is 0 Å². The molecule has 2 aromatic carbocycles. The first-order chi connectivity index (χ1) is 9.85. The normalized spacial score (nSPS) is 17.4. The molecule has 0 aromatic heterocycles. The molecule has 1 heteroatoms. The molecule has 1 nitrogen and oxygen atoms in total. The Morgan fingerprint density at radius 2 is 1.85 bits per heavy atom. The van der Waals surface area contributed by atoms with Crippen LogP contribution in [0.5, 0.6) is 0 Å². The fourth-order valence-electron chi connectivity index (χ4n) is 3.50.